The third-order valence-corrected chi connectivity index (χ3v) is 12.4. The van der Waals surface area contributed by atoms with Gasteiger partial charge in [0.15, 0.2) is 0 Å². The molecule has 0 radical (unpaired) electrons. The average Bonchev–Trinajstić information content (AvgIpc) is 4.08. The van der Waals surface area contributed by atoms with Crippen LogP contribution in [0.1, 0.15) is 80.3 Å². The van der Waals surface area contributed by atoms with Crippen LogP contribution >= 0.6 is 11.6 Å². The maximum atomic E-state index is 14.2. The summed E-state index contributed by atoms with van der Waals surface area (Å²) in [6.45, 7) is 4.38. The maximum absolute atomic E-state index is 14.2. The van der Waals surface area contributed by atoms with E-state index in [1.54, 1.807) is 11.0 Å². The number of benzene rings is 3. The fraction of sp³-hybridized carbons (Fsp3) is 0.404. The summed E-state index contributed by atoms with van der Waals surface area (Å²) in [5, 5.41) is 28.1. The van der Waals surface area contributed by atoms with Crippen LogP contribution in [0.2, 0.25) is 5.02 Å². The summed E-state index contributed by atoms with van der Waals surface area (Å²) in [5.41, 5.74) is 11.8. The van der Waals surface area contributed by atoms with Crippen LogP contribution in [0.25, 0.3) is 12.2 Å². The van der Waals surface area contributed by atoms with Crippen LogP contribution in [0.5, 0.6) is 5.75 Å². The van der Waals surface area contributed by atoms with E-state index in [4.69, 9.17) is 17.3 Å². The van der Waals surface area contributed by atoms with Crippen LogP contribution in [0.4, 0.5) is 0 Å². The predicted molar refractivity (Wildman–Crippen MR) is 273 cm³/mol. The normalized spacial score (nSPS) is 14.3. The number of halogens is 1. The number of hydrogen-bond donors (Lipinski definition) is 9. The number of nitrogens with two attached hydrogens (primary N) is 1. The lowest BCUT2D eigenvalue weighted by atomic mass is 9.99. The summed E-state index contributed by atoms with van der Waals surface area (Å²) in [6, 6.07) is 10.6. The minimum absolute atomic E-state index is 0.0785. The Balaban J connectivity index is 1.24. The van der Waals surface area contributed by atoms with E-state index in [1.807, 2.05) is 38.1 Å². The Labute approximate surface area is 433 Å². The first-order valence-electron chi connectivity index (χ1n) is 24.1. The largest absolute Gasteiger partial charge is 0.508 e. The highest BCUT2D eigenvalue weighted by Crippen LogP contribution is 2.22. The Bertz CT molecular complexity index is 2650. The number of amides is 10. The predicted octanol–water partition coefficient (Wildman–Crippen LogP) is 0.521. The molecule has 5 rings (SSSR count). The molecule has 1 fully saturated rings. The van der Waals surface area contributed by atoms with Crippen molar-refractivity contribution in [3.63, 3.8) is 0 Å². The van der Waals surface area contributed by atoms with Crippen LogP contribution in [-0.2, 0) is 60.8 Å². The quantitative estimate of drug-likeness (QED) is 0.0413. The van der Waals surface area contributed by atoms with Gasteiger partial charge in [0.2, 0.25) is 59.1 Å². The molecule has 0 aromatic heterocycles. The lowest BCUT2D eigenvalue weighted by Gasteiger charge is -2.30. The number of fused-ring (bicyclic) bond motifs is 1. The van der Waals surface area contributed by atoms with E-state index in [9.17, 15) is 53.1 Å². The number of rotatable bonds is 25. The van der Waals surface area contributed by atoms with Gasteiger partial charge in [-0.1, -0.05) is 67.9 Å². The van der Waals surface area contributed by atoms with Gasteiger partial charge in [-0.25, -0.2) is 0 Å². The summed E-state index contributed by atoms with van der Waals surface area (Å²) >= 11 is 6.12. The number of likely N-dealkylation sites (N-methyl/N-ethyl adjacent to an activating group) is 1. The second-order valence-corrected chi connectivity index (χ2v) is 18.9. The molecule has 0 saturated carbocycles. The number of carbonyl (C=O) groups excluding carboxylic acids is 10. The molecule has 10 amide bonds. The van der Waals surface area contributed by atoms with E-state index in [-0.39, 0.29) is 43.4 Å². The molecule has 21 nitrogen and oxygen atoms in total. The fourth-order valence-electron chi connectivity index (χ4n) is 8.20. The highest BCUT2D eigenvalue weighted by molar-refractivity contribution is 6.30. The first-order valence-corrected chi connectivity index (χ1v) is 24.5. The van der Waals surface area contributed by atoms with Crippen molar-refractivity contribution in [2.75, 3.05) is 39.8 Å². The zero-order valence-electron chi connectivity index (χ0n) is 41.6. The third kappa shape index (κ3) is 17.3. The molecule has 74 heavy (non-hydrogen) atoms. The van der Waals surface area contributed by atoms with Crippen molar-refractivity contribution < 1.29 is 53.1 Å². The topological polar surface area (TPSA) is 308 Å². The minimum Gasteiger partial charge on any atom is -0.508 e. The zero-order valence-corrected chi connectivity index (χ0v) is 42.4. The average molecular weight is 1040 g/mol. The number of phenolic OH excluding ortho intramolecular Hbond substituents is 1. The molecule has 2 aliphatic rings. The molecule has 1 unspecified atom stereocenters. The van der Waals surface area contributed by atoms with Gasteiger partial charge in [0.25, 0.3) is 0 Å². The third-order valence-electron chi connectivity index (χ3n) is 12.2. The Kier molecular flexibility index (Phi) is 20.9. The van der Waals surface area contributed by atoms with Gasteiger partial charge in [-0.2, -0.15) is 0 Å². The van der Waals surface area contributed by atoms with Crippen LogP contribution in [0, 0.1) is 5.92 Å². The zero-order chi connectivity index (χ0) is 54.1. The van der Waals surface area contributed by atoms with Gasteiger partial charge >= 0.3 is 0 Å². The summed E-state index contributed by atoms with van der Waals surface area (Å²) in [5.74, 6) is -7.61. The molecule has 394 valence electrons. The first kappa shape index (κ1) is 56.9. The molecule has 0 bridgehead atoms. The lowest BCUT2D eigenvalue weighted by molar-refractivity contribution is -0.141. The number of carbonyl (C=O) groups is 10. The number of nitrogens with zero attached hydrogens (tertiary/aromatic N) is 2. The van der Waals surface area contributed by atoms with Crippen LogP contribution in [0.3, 0.4) is 0 Å². The molecule has 1 aliphatic carbocycles. The lowest BCUT2D eigenvalue weighted by Crippen LogP contribution is -2.59. The van der Waals surface area contributed by atoms with Crippen molar-refractivity contribution in [1.82, 2.24) is 47.0 Å². The van der Waals surface area contributed by atoms with Crippen molar-refractivity contribution in [2.45, 2.75) is 89.5 Å². The molecule has 5 atom stereocenters. The van der Waals surface area contributed by atoms with Gasteiger partial charge in [0, 0.05) is 44.9 Å². The monoisotopic (exact) mass is 1040 g/mol. The number of aromatic hydroxyl groups is 1. The molecule has 1 saturated heterocycles. The molecule has 10 N–H and O–H groups in total. The van der Waals surface area contributed by atoms with Gasteiger partial charge in [-0.15, -0.1) is 5.73 Å². The van der Waals surface area contributed by atoms with Crippen molar-refractivity contribution in [2.24, 2.45) is 11.7 Å². The Hall–Kier alpha value is -8.03. The highest BCUT2D eigenvalue weighted by Gasteiger charge is 2.34. The summed E-state index contributed by atoms with van der Waals surface area (Å²) in [4.78, 5) is 136. The number of likely N-dealkylation sites (tertiary alicyclic amines) is 1. The van der Waals surface area contributed by atoms with Gasteiger partial charge in [0.05, 0.1) is 26.1 Å². The first-order chi connectivity index (χ1) is 35.2. The molecule has 22 heteroatoms. The van der Waals surface area contributed by atoms with Crippen molar-refractivity contribution in [1.29, 1.82) is 0 Å². The van der Waals surface area contributed by atoms with E-state index < -0.39 is 103 Å². The van der Waals surface area contributed by atoms with E-state index in [0.29, 0.717) is 29.2 Å². The van der Waals surface area contributed by atoms with Crippen molar-refractivity contribution >= 4 is 82.8 Å². The summed E-state index contributed by atoms with van der Waals surface area (Å²) in [6.07, 6.45) is 4.65. The molecule has 3 aromatic carbocycles. The van der Waals surface area contributed by atoms with Crippen molar-refractivity contribution in [3.8, 4) is 5.75 Å². The number of hydrogen-bond acceptors (Lipinski definition) is 11. The molecule has 1 heterocycles. The molecular formula is C52H63ClN10O11. The summed E-state index contributed by atoms with van der Waals surface area (Å²) < 4.78 is 0. The smallest absolute Gasteiger partial charge is 0.247 e. The SMILES string of the molecule is CC(=O)N[C@H](Cc1ccc2c(c1)C=C=C2)C(=O)NC(C(=O)NCC(=O)NCC(=O)N(C)[C@@H](Cc1ccc(O)cc1)C(=O)N[C@H](CC(N)=O)C(=O)N[C@@H](CC(C)C)C(=O)NCC(=O)N1CCCC1)c1ccc(Cl)cc1. The summed E-state index contributed by atoms with van der Waals surface area (Å²) in [7, 11) is 1.27. The van der Waals surface area contributed by atoms with E-state index in [0.717, 1.165) is 34.4 Å². The molecule has 3 aromatic rings. The van der Waals surface area contributed by atoms with Crippen molar-refractivity contribution in [3.05, 3.63) is 105 Å². The molecular weight excluding hydrogens is 976 g/mol. The van der Waals surface area contributed by atoms with E-state index in [1.165, 1.54) is 62.5 Å². The van der Waals surface area contributed by atoms with Gasteiger partial charge < -0.3 is 57.9 Å². The van der Waals surface area contributed by atoms with Crippen LogP contribution < -0.4 is 43.0 Å². The van der Waals surface area contributed by atoms with E-state index in [2.05, 4.69) is 42.9 Å². The Morgan fingerprint density at radius 3 is 1.96 bits per heavy atom. The highest BCUT2D eigenvalue weighted by atomic mass is 35.5. The van der Waals surface area contributed by atoms with Gasteiger partial charge in [0.1, 0.15) is 36.0 Å². The second-order valence-electron chi connectivity index (χ2n) is 18.5. The Morgan fingerprint density at radius 1 is 0.689 bits per heavy atom. The fourth-order valence-corrected chi connectivity index (χ4v) is 8.33. The number of primary amides is 1. The number of nitrogens with one attached hydrogen (secondary N) is 7. The van der Waals surface area contributed by atoms with Gasteiger partial charge in [-0.05, 0) is 89.4 Å². The molecule has 0 spiro atoms. The van der Waals surface area contributed by atoms with Crippen LogP contribution in [0.15, 0.2) is 72.5 Å². The van der Waals surface area contributed by atoms with E-state index >= 15 is 0 Å². The maximum Gasteiger partial charge on any atom is 0.247 e. The molecule has 1 aliphatic heterocycles. The number of phenols is 1. The Morgan fingerprint density at radius 2 is 1.31 bits per heavy atom. The minimum atomic E-state index is -1.62. The second kappa shape index (κ2) is 27.1. The standard InChI is InChI=1S/C52H63ClN10O11/c1-30(2)22-39(48(70)57-29-46(69)63-20-5-6-21-63)59-49(71)41(26-43(54)66)60-51(73)42(25-32-11-18-38(65)19-12-32)62(4)45(68)28-55-44(67)27-56-52(74)47(35-14-16-37(53)17-15-35)61-50(72)40(58-31(3)64)24-33-10-13-34-8-7-9-36(34)23-33/h8-19,23,30,39-42,47,65H,5-6,20-22,24-29H2,1-4H3,(H2,54,66)(H,55,67)(H,56,74)(H,57,70)(H,58,64)(H,59,71)(H,60,73)(H,61,72)/t39-,40+,41+,42-,47?/m0/s1. The van der Waals surface area contributed by atoms with Gasteiger partial charge in [-0.3, -0.25) is 47.9 Å². The van der Waals surface area contributed by atoms with Crippen LogP contribution in [-0.4, -0.2) is 138 Å².